The molecule has 156 valence electrons. The standard InChI is InChI=1S/C18H13ClFN5OS2.C2H6/c1-10-4-12(11-2-3-26-8-11)16(7-21-10)24-15-6-14(20)17(5-13(15)19)27-25-18-22-9-23-28-18;1-2/h2-9,24H,1H3,(H,22,23,25);1-2H3. The second kappa shape index (κ2) is 10.4. The van der Waals surface area contributed by atoms with E-state index in [0.717, 1.165) is 28.8 Å². The zero-order chi connectivity index (χ0) is 21.5. The van der Waals surface area contributed by atoms with Gasteiger partial charge in [0.15, 0.2) is 0 Å². The van der Waals surface area contributed by atoms with Gasteiger partial charge in [-0.3, -0.25) is 4.98 Å². The summed E-state index contributed by atoms with van der Waals surface area (Å²) in [6.45, 7) is 5.90. The van der Waals surface area contributed by atoms with Crippen molar-refractivity contribution in [3.63, 3.8) is 0 Å². The Balaban J connectivity index is 0.00000124. The first-order valence-electron chi connectivity index (χ1n) is 9.05. The lowest BCUT2D eigenvalue weighted by atomic mass is 10.1. The quantitative estimate of drug-likeness (QED) is 0.293. The third kappa shape index (κ3) is 5.29. The maximum Gasteiger partial charge on any atom is 0.212 e. The van der Waals surface area contributed by atoms with E-state index in [4.69, 9.17) is 16.0 Å². The highest BCUT2D eigenvalue weighted by atomic mass is 35.5. The van der Waals surface area contributed by atoms with Crippen LogP contribution in [0.4, 0.5) is 20.9 Å². The van der Waals surface area contributed by atoms with Gasteiger partial charge in [-0.05, 0) is 37.1 Å². The van der Waals surface area contributed by atoms with Gasteiger partial charge in [0.1, 0.15) is 12.1 Å². The summed E-state index contributed by atoms with van der Waals surface area (Å²) in [7, 11) is 0. The van der Waals surface area contributed by atoms with Crippen molar-refractivity contribution < 1.29 is 8.81 Å². The normalized spacial score (nSPS) is 10.3. The Morgan fingerprint density at radius 2 is 2.00 bits per heavy atom. The molecule has 3 aromatic heterocycles. The number of hydrogen-bond acceptors (Lipinski definition) is 8. The second-order valence-corrected chi connectivity index (χ2v) is 7.76. The molecule has 1 aromatic carbocycles. The van der Waals surface area contributed by atoms with Crippen LogP contribution in [0.25, 0.3) is 11.1 Å². The second-order valence-electron chi connectivity index (χ2n) is 5.72. The SMILES string of the molecule is CC.Cc1cc(-c2ccoc2)c(Nc2cc(F)c(SNc3ncns3)cc2Cl)cn1. The molecule has 0 fully saturated rings. The van der Waals surface area contributed by atoms with Gasteiger partial charge in [0.2, 0.25) is 5.13 Å². The van der Waals surface area contributed by atoms with Crippen LogP contribution < -0.4 is 10.0 Å². The molecule has 0 atom stereocenters. The summed E-state index contributed by atoms with van der Waals surface area (Å²) in [5.41, 5.74) is 3.76. The van der Waals surface area contributed by atoms with Gasteiger partial charge in [0, 0.05) is 34.4 Å². The van der Waals surface area contributed by atoms with E-state index in [1.165, 1.54) is 23.9 Å². The van der Waals surface area contributed by atoms with Crippen molar-refractivity contribution in [3.8, 4) is 11.1 Å². The Morgan fingerprint density at radius 3 is 2.70 bits per heavy atom. The molecule has 0 saturated heterocycles. The number of hydrogen-bond donors (Lipinski definition) is 2. The summed E-state index contributed by atoms with van der Waals surface area (Å²) in [4.78, 5) is 8.66. The number of nitrogens with zero attached hydrogens (tertiary/aromatic N) is 3. The zero-order valence-corrected chi connectivity index (χ0v) is 18.8. The molecule has 0 spiro atoms. The molecule has 0 unspecified atom stereocenters. The Kier molecular flexibility index (Phi) is 7.67. The van der Waals surface area contributed by atoms with Crippen molar-refractivity contribution in [1.29, 1.82) is 0 Å². The lowest BCUT2D eigenvalue weighted by Gasteiger charge is -2.14. The lowest BCUT2D eigenvalue weighted by molar-refractivity contribution is 0.568. The molecule has 0 bridgehead atoms. The molecular weight excluding hydrogens is 445 g/mol. The number of benzene rings is 1. The molecule has 0 saturated carbocycles. The Morgan fingerprint density at radius 1 is 1.17 bits per heavy atom. The van der Waals surface area contributed by atoms with E-state index in [9.17, 15) is 4.39 Å². The summed E-state index contributed by atoms with van der Waals surface area (Å²) in [6, 6.07) is 6.68. The Bertz CT molecular complexity index is 1090. The Hall–Kier alpha value is -2.62. The van der Waals surface area contributed by atoms with E-state index >= 15 is 0 Å². The summed E-state index contributed by atoms with van der Waals surface area (Å²) < 4.78 is 26.6. The largest absolute Gasteiger partial charge is 0.472 e. The van der Waals surface area contributed by atoms with Crippen molar-refractivity contribution >= 4 is 51.6 Å². The van der Waals surface area contributed by atoms with Gasteiger partial charge in [-0.1, -0.05) is 25.4 Å². The first kappa shape index (κ1) is 22.1. The highest BCUT2D eigenvalue weighted by molar-refractivity contribution is 8.00. The van der Waals surface area contributed by atoms with Crippen LogP contribution in [0.3, 0.4) is 0 Å². The third-order valence-corrected chi connectivity index (χ3v) is 5.62. The van der Waals surface area contributed by atoms with Crippen molar-refractivity contribution in [1.82, 2.24) is 14.3 Å². The predicted octanol–water partition coefficient (Wildman–Crippen LogP) is 7.18. The fraction of sp³-hybridized carbons (Fsp3) is 0.150. The number of pyridine rings is 1. The minimum atomic E-state index is -0.418. The van der Waals surface area contributed by atoms with Crippen molar-refractivity contribution in [2.45, 2.75) is 25.7 Å². The highest BCUT2D eigenvalue weighted by Gasteiger charge is 2.14. The van der Waals surface area contributed by atoms with E-state index < -0.39 is 5.82 Å². The van der Waals surface area contributed by atoms with Crippen molar-refractivity contribution in [2.75, 3.05) is 10.0 Å². The molecule has 4 aromatic rings. The number of furan rings is 1. The minimum Gasteiger partial charge on any atom is -0.472 e. The molecule has 30 heavy (non-hydrogen) atoms. The Labute approximate surface area is 187 Å². The highest BCUT2D eigenvalue weighted by Crippen LogP contribution is 2.36. The van der Waals surface area contributed by atoms with Gasteiger partial charge in [-0.15, -0.1) is 0 Å². The van der Waals surface area contributed by atoms with Crippen LogP contribution in [0.5, 0.6) is 0 Å². The summed E-state index contributed by atoms with van der Waals surface area (Å²) in [5.74, 6) is -0.418. The number of aryl methyl sites for hydroxylation is 1. The van der Waals surface area contributed by atoms with Gasteiger partial charge >= 0.3 is 0 Å². The van der Waals surface area contributed by atoms with Crippen molar-refractivity contribution in [2.24, 2.45) is 0 Å². The molecule has 0 aliphatic rings. The van der Waals surface area contributed by atoms with Crippen molar-refractivity contribution in [3.05, 3.63) is 65.8 Å². The summed E-state index contributed by atoms with van der Waals surface area (Å²) in [6.07, 6.45) is 6.35. The molecular formula is C20H19ClFN5OS2. The van der Waals surface area contributed by atoms with Crippen LogP contribution in [-0.2, 0) is 0 Å². The molecule has 4 rings (SSSR count). The molecule has 0 amide bonds. The molecule has 6 nitrogen and oxygen atoms in total. The van der Waals surface area contributed by atoms with Gasteiger partial charge < -0.3 is 14.5 Å². The van der Waals surface area contributed by atoms with E-state index in [1.807, 2.05) is 32.9 Å². The third-order valence-electron chi connectivity index (χ3n) is 3.77. The van der Waals surface area contributed by atoms with Crippen LogP contribution in [0.1, 0.15) is 19.5 Å². The molecule has 0 aliphatic heterocycles. The minimum absolute atomic E-state index is 0.350. The number of halogens is 2. The van der Waals surface area contributed by atoms with Crippen LogP contribution in [0.2, 0.25) is 5.02 Å². The monoisotopic (exact) mass is 463 g/mol. The summed E-state index contributed by atoms with van der Waals surface area (Å²) in [5, 5.41) is 4.13. The number of aromatic nitrogens is 3. The van der Waals surface area contributed by atoms with Crippen LogP contribution in [0, 0.1) is 12.7 Å². The fourth-order valence-electron chi connectivity index (χ4n) is 2.48. The smallest absolute Gasteiger partial charge is 0.212 e. The van der Waals surface area contributed by atoms with E-state index in [0.29, 0.717) is 26.4 Å². The molecule has 3 heterocycles. The zero-order valence-electron chi connectivity index (χ0n) is 16.4. The van der Waals surface area contributed by atoms with E-state index in [-0.39, 0.29) is 0 Å². The topological polar surface area (TPSA) is 75.9 Å². The van der Waals surface area contributed by atoms with Crippen LogP contribution in [0.15, 0.2) is 58.6 Å². The number of anilines is 3. The van der Waals surface area contributed by atoms with E-state index in [1.54, 1.807) is 24.8 Å². The lowest BCUT2D eigenvalue weighted by Crippen LogP contribution is -1.98. The maximum absolute atomic E-state index is 14.6. The number of rotatable bonds is 6. The van der Waals surface area contributed by atoms with Crippen LogP contribution >= 0.6 is 35.1 Å². The number of nitrogens with one attached hydrogen (secondary N) is 2. The average molecular weight is 464 g/mol. The summed E-state index contributed by atoms with van der Waals surface area (Å²) >= 11 is 8.65. The molecule has 0 aliphatic carbocycles. The molecule has 2 N–H and O–H groups in total. The first-order valence-corrected chi connectivity index (χ1v) is 11.0. The maximum atomic E-state index is 14.6. The predicted molar refractivity (Wildman–Crippen MR) is 122 cm³/mol. The van der Waals surface area contributed by atoms with E-state index in [2.05, 4.69) is 24.4 Å². The van der Waals surface area contributed by atoms with Gasteiger partial charge in [-0.2, -0.15) is 4.37 Å². The fourth-order valence-corrected chi connectivity index (χ4v) is 3.90. The van der Waals surface area contributed by atoms with Gasteiger partial charge in [0.25, 0.3) is 0 Å². The first-order chi connectivity index (χ1) is 14.6. The van der Waals surface area contributed by atoms with Crippen LogP contribution in [-0.4, -0.2) is 14.3 Å². The molecule has 10 heteroatoms. The molecule has 0 radical (unpaired) electrons. The van der Waals surface area contributed by atoms with Gasteiger partial charge in [0.05, 0.1) is 40.0 Å². The average Bonchev–Trinajstić information content (AvgIpc) is 3.46. The van der Waals surface area contributed by atoms with Gasteiger partial charge in [-0.25, -0.2) is 9.37 Å².